The van der Waals surface area contributed by atoms with Gasteiger partial charge in [0.2, 0.25) is 0 Å². The summed E-state index contributed by atoms with van der Waals surface area (Å²) in [6.07, 6.45) is 0.950. The number of methoxy groups -OCH3 is 1. The quantitative estimate of drug-likeness (QED) is 0.703. The van der Waals surface area contributed by atoms with Crippen LogP contribution < -0.4 is 4.90 Å². The predicted octanol–water partition coefficient (Wildman–Crippen LogP) is 1.22. The molecule has 3 nitrogen and oxygen atoms in total. The summed E-state index contributed by atoms with van der Waals surface area (Å²) in [5.41, 5.74) is 2.28. The van der Waals surface area contributed by atoms with Crippen molar-refractivity contribution in [2.75, 3.05) is 25.2 Å². The number of anilines is 1. The van der Waals surface area contributed by atoms with Crippen molar-refractivity contribution in [3.63, 3.8) is 0 Å². The molecule has 14 heavy (non-hydrogen) atoms. The van der Waals surface area contributed by atoms with E-state index in [0.717, 1.165) is 18.7 Å². The van der Waals surface area contributed by atoms with Crippen LogP contribution in [0.15, 0.2) is 24.3 Å². The Bertz CT molecular complexity index is 349. The van der Waals surface area contributed by atoms with Gasteiger partial charge in [-0.05, 0) is 18.1 Å². The third kappa shape index (κ3) is 1.51. The van der Waals surface area contributed by atoms with E-state index in [-0.39, 0.29) is 12.5 Å². The zero-order valence-electron chi connectivity index (χ0n) is 8.19. The third-order valence-electron chi connectivity index (χ3n) is 2.46. The molecule has 0 radical (unpaired) electrons. The van der Waals surface area contributed by atoms with E-state index in [0.29, 0.717) is 0 Å². The van der Waals surface area contributed by atoms with Gasteiger partial charge in [-0.1, -0.05) is 18.2 Å². The van der Waals surface area contributed by atoms with Crippen molar-refractivity contribution >= 4 is 11.6 Å². The van der Waals surface area contributed by atoms with E-state index >= 15 is 0 Å². The summed E-state index contributed by atoms with van der Waals surface area (Å²) in [7, 11) is 1.54. The van der Waals surface area contributed by atoms with Gasteiger partial charge >= 0.3 is 0 Å². The van der Waals surface area contributed by atoms with Crippen LogP contribution in [-0.4, -0.2) is 26.2 Å². The maximum Gasteiger partial charge on any atom is 0.252 e. The molecule has 0 bridgehead atoms. The molecule has 1 aromatic rings. The van der Waals surface area contributed by atoms with Crippen LogP contribution in [0.3, 0.4) is 0 Å². The fourth-order valence-corrected chi connectivity index (χ4v) is 1.80. The smallest absolute Gasteiger partial charge is 0.252 e. The Kier molecular flexibility index (Phi) is 2.50. The molecular weight excluding hydrogens is 178 g/mol. The van der Waals surface area contributed by atoms with Crippen LogP contribution in [0.2, 0.25) is 0 Å². The molecular formula is C11H13NO2. The van der Waals surface area contributed by atoms with Crippen molar-refractivity contribution in [2.45, 2.75) is 6.42 Å². The van der Waals surface area contributed by atoms with Gasteiger partial charge in [0, 0.05) is 19.3 Å². The van der Waals surface area contributed by atoms with Crippen molar-refractivity contribution < 1.29 is 9.53 Å². The summed E-state index contributed by atoms with van der Waals surface area (Å²) in [5.74, 6) is 0.0393. The number of carbonyl (C=O) groups is 1. The van der Waals surface area contributed by atoms with Crippen molar-refractivity contribution in [3.8, 4) is 0 Å². The third-order valence-corrected chi connectivity index (χ3v) is 2.46. The second kappa shape index (κ2) is 3.80. The molecule has 1 heterocycles. The molecule has 0 saturated heterocycles. The van der Waals surface area contributed by atoms with Gasteiger partial charge in [0.1, 0.15) is 6.61 Å². The van der Waals surface area contributed by atoms with Crippen molar-refractivity contribution in [1.82, 2.24) is 0 Å². The lowest BCUT2D eigenvalue weighted by Gasteiger charge is -2.16. The summed E-state index contributed by atoms with van der Waals surface area (Å²) in [5, 5.41) is 0. The van der Waals surface area contributed by atoms with E-state index in [1.165, 1.54) is 5.56 Å². The highest BCUT2D eigenvalue weighted by Gasteiger charge is 2.23. The number of hydrogen-bond donors (Lipinski definition) is 0. The summed E-state index contributed by atoms with van der Waals surface area (Å²) in [4.78, 5) is 13.4. The first-order valence-corrected chi connectivity index (χ1v) is 4.70. The number of ether oxygens (including phenoxy) is 1. The van der Waals surface area contributed by atoms with E-state index in [1.807, 2.05) is 18.2 Å². The number of amides is 1. The topological polar surface area (TPSA) is 29.5 Å². The summed E-state index contributed by atoms with van der Waals surface area (Å²) >= 11 is 0. The van der Waals surface area contributed by atoms with Crippen molar-refractivity contribution in [2.24, 2.45) is 0 Å². The standard InChI is InChI=1S/C11H13NO2/c1-14-8-11(13)12-7-6-9-4-2-3-5-10(9)12/h2-5H,6-8H2,1H3. The van der Waals surface area contributed by atoms with Gasteiger partial charge in [0.25, 0.3) is 5.91 Å². The van der Waals surface area contributed by atoms with Crippen LogP contribution in [0.1, 0.15) is 5.56 Å². The maximum atomic E-state index is 11.6. The van der Waals surface area contributed by atoms with Gasteiger partial charge in [-0.2, -0.15) is 0 Å². The minimum absolute atomic E-state index is 0.0393. The zero-order valence-corrected chi connectivity index (χ0v) is 8.19. The minimum Gasteiger partial charge on any atom is -0.375 e. The molecule has 2 rings (SSSR count). The van der Waals surface area contributed by atoms with Gasteiger partial charge in [0.15, 0.2) is 0 Å². The molecule has 1 aromatic carbocycles. The Balaban J connectivity index is 2.21. The van der Waals surface area contributed by atoms with E-state index < -0.39 is 0 Å². The largest absolute Gasteiger partial charge is 0.375 e. The fourth-order valence-electron chi connectivity index (χ4n) is 1.80. The van der Waals surface area contributed by atoms with Gasteiger partial charge in [0.05, 0.1) is 0 Å². The summed E-state index contributed by atoms with van der Waals surface area (Å²) in [6.45, 7) is 0.940. The minimum atomic E-state index is 0.0393. The fraction of sp³-hybridized carbons (Fsp3) is 0.364. The monoisotopic (exact) mass is 191 g/mol. The molecule has 74 valence electrons. The first kappa shape index (κ1) is 9.21. The van der Waals surface area contributed by atoms with Crippen LogP contribution in [0.4, 0.5) is 5.69 Å². The number of rotatable bonds is 2. The molecule has 3 heteroatoms. The lowest BCUT2D eigenvalue weighted by Crippen LogP contribution is -2.31. The molecule has 1 aliphatic heterocycles. The Hall–Kier alpha value is -1.35. The van der Waals surface area contributed by atoms with Crippen LogP contribution in [0, 0.1) is 0 Å². The van der Waals surface area contributed by atoms with Gasteiger partial charge in [-0.25, -0.2) is 0 Å². The SMILES string of the molecule is COCC(=O)N1CCc2ccccc21. The first-order chi connectivity index (χ1) is 6.83. The first-order valence-electron chi connectivity index (χ1n) is 4.70. The van der Waals surface area contributed by atoms with Crippen LogP contribution in [-0.2, 0) is 16.0 Å². The Morgan fingerprint density at radius 2 is 2.29 bits per heavy atom. The lowest BCUT2D eigenvalue weighted by atomic mass is 10.2. The van der Waals surface area contributed by atoms with Gasteiger partial charge in [-0.15, -0.1) is 0 Å². The predicted molar refractivity (Wildman–Crippen MR) is 54.4 cm³/mol. The Morgan fingerprint density at radius 1 is 1.50 bits per heavy atom. The molecule has 0 spiro atoms. The number of nitrogens with zero attached hydrogens (tertiary/aromatic N) is 1. The molecule has 0 fully saturated rings. The van der Waals surface area contributed by atoms with Crippen molar-refractivity contribution in [1.29, 1.82) is 0 Å². The lowest BCUT2D eigenvalue weighted by molar-refractivity contribution is -0.122. The van der Waals surface area contributed by atoms with Gasteiger partial charge in [-0.3, -0.25) is 4.79 Å². The average molecular weight is 191 g/mol. The number of benzene rings is 1. The summed E-state index contributed by atoms with van der Waals surface area (Å²) in [6, 6.07) is 8.01. The van der Waals surface area contributed by atoms with E-state index in [9.17, 15) is 4.79 Å². The highest BCUT2D eigenvalue weighted by molar-refractivity contribution is 5.96. The average Bonchev–Trinajstić information content (AvgIpc) is 2.61. The van der Waals surface area contributed by atoms with E-state index in [2.05, 4.69) is 6.07 Å². The Morgan fingerprint density at radius 3 is 3.07 bits per heavy atom. The van der Waals surface area contributed by atoms with Crippen LogP contribution in [0.25, 0.3) is 0 Å². The zero-order chi connectivity index (χ0) is 9.97. The number of carbonyl (C=O) groups excluding carboxylic acids is 1. The van der Waals surface area contributed by atoms with E-state index in [4.69, 9.17) is 4.74 Å². The van der Waals surface area contributed by atoms with Gasteiger partial charge < -0.3 is 9.64 Å². The number of para-hydroxylation sites is 1. The Labute approximate surface area is 83.3 Å². The second-order valence-electron chi connectivity index (χ2n) is 3.36. The number of hydrogen-bond acceptors (Lipinski definition) is 2. The van der Waals surface area contributed by atoms with E-state index in [1.54, 1.807) is 12.0 Å². The molecule has 0 aliphatic carbocycles. The van der Waals surface area contributed by atoms with Crippen molar-refractivity contribution in [3.05, 3.63) is 29.8 Å². The van der Waals surface area contributed by atoms with Crippen LogP contribution in [0.5, 0.6) is 0 Å². The summed E-state index contributed by atoms with van der Waals surface area (Å²) < 4.78 is 4.84. The molecule has 0 N–H and O–H groups in total. The maximum absolute atomic E-state index is 11.6. The molecule has 0 atom stereocenters. The molecule has 1 aliphatic rings. The molecule has 0 aromatic heterocycles. The molecule has 0 unspecified atom stereocenters. The number of fused-ring (bicyclic) bond motifs is 1. The molecule has 0 saturated carbocycles. The van der Waals surface area contributed by atoms with Crippen LogP contribution >= 0.6 is 0 Å². The highest BCUT2D eigenvalue weighted by atomic mass is 16.5. The second-order valence-corrected chi connectivity index (χ2v) is 3.36. The normalized spacial score (nSPS) is 14.2. The molecule has 1 amide bonds. The highest BCUT2D eigenvalue weighted by Crippen LogP contribution is 2.27.